The zero-order chi connectivity index (χ0) is 62.8. The molecule has 0 radical (unpaired) electrons. The van der Waals surface area contributed by atoms with Crippen LogP contribution in [-0.4, -0.2) is 93.8 Å². The van der Waals surface area contributed by atoms with E-state index in [0.717, 1.165) is 34.1 Å². The second-order valence-corrected chi connectivity index (χ2v) is 19.5. The number of rotatable bonds is 33. The second-order valence-electron chi connectivity index (χ2n) is 19.5. The van der Waals surface area contributed by atoms with Crippen molar-refractivity contribution in [3.05, 3.63) is 216 Å². The lowest BCUT2D eigenvalue weighted by atomic mass is 10.1. The van der Waals surface area contributed by atoms with Gasteiger partial charge in [0.15, 0.2) is 5.78 Å². The Morgan fingerprint density at radius 3 is 0.782 bits per heavy atom. The molecule has 0 aliphatic heterocycles. The summed E-state index contributed by atoms with van der Waals surface area (Å²) in [6.07, 6.45) is 0.766. The molecule has 6 aromatic rings. The molecule has 0 aliphatic carbocycles. The monoisotopic (exact) mass is 1180 g/mol. The van der Waals surface area contributed by atoms with Crippen molar-refractivity contribution in [1.29, 1.82) is 0 Å². The fourth-order valence-electron chi connectivity index (χ4n) is 8.31. The standard InChI is InChI=1S/C69H70N2O16/c1-9-13-62(72)46(5)42-83-63(73)38-50-14-22-54(23-15-50)70(55-24-16-51(17-25-55)39-64(74)84-43-47(6)67(77)80-10-2)58-30-34-60(35-31-58)87-61-36-32-59(33-37-61)71(56-26-18-52(19-27-56)40-65(75)85-44-48(7)68(78)81-11-3)57-28-20-53(21-29-57)41-66(76)86-45-49(8)69(79)82-12-4/h14-37H,5-13,38-45H2,1-4H3. The van der Waals surface area contributed by atoms with Crippen molar-refractivity contribution in [3.8, 4) is 11.5 Å². The smallest absolute Gasteiger partial charge is 0.336 e. The zero-order valence-corrected chi connectivity index (χ0v) is 49.3. The summed E-state index contributed by atoms with van der Waals surface area (Å²) < 4.78 is 42.4. The molecule has 0 aliphatic rings. The molecule has 0 aromatic heterocycles. The number of ether oxygens (including phenoxy) is 8. The summed E-state index contributed by atoms with van der Waals surface area (Å²) in [7, 11) is 0. The Balaban J connectivity index is 1.21. The van der Waals surface area contributed by atoms with Crippen molar-refractivity contribution in [2.24, 2.45) is 0 Å². The second kappa shape index (κ2) is 33.2. The number of benzene rings is 6. The van der Waals surface area contributed by atoms with E-state index in [-0.39, 0.29) is 100 Å². The van der Waals surface area contributed by atoms with E-state index >= 15 is 0 Å². The van der Waals surface area contributed by atoms with E-state index in [2.05, 4.69) is 26.3 Å². The number of esters is 7. The van der Waals surface area contributed by atoms with E-state index in [9.17, 15) is 38.4 Å². The van der Waals surface area contributed by atoms with Crippen LogP contribution in [0.4, 0.5) is 34.1 Å². The molecule has 0 unspecified atom stereocenters. The predicted molar refractivity (Wildman–Crippen MR) is 327 cm³/mol. The molecule has 0 heterocycles. The summed E-state index contributed by atoms with van der Waals surface area (Å²) in [6.45, 7) is 21.0. The number of Topliss-reactive ketones (excluding diaryl/α,β-unsaturated/α-hetero) is 1. The van der Waals surface area contributed by atoms with Crippen LogP contribution in [0.1, 0.15) is 62.8 Å². The normalized spacial score (nSPS) is 10.5. The van der Waals surface area contributed by atoms with Crippen molar-refractivity contribution in [2.75, 3.05) is 56.0 Å². The van der Waals surface area contributed by atoms with Gasteiger partial charge in [-0.2, -0.15) is 0 Å². The van der Waals surface area contributed by atoms with Gasteiger partial charge >= 0.3 is 41.8 Å². The molecule has 0 amide bonds. The Morgan fingerprint density at radius 1 is 0.322 bits per heavy atom. The number of hydrogen-bond acceptors (Lipinski definition) is 18. The van der Waals surface area contributed by atoms with Gasteiger partial charge in [-0.1, -0.05) is 81.8 Å². The maximum Gasteiger partial charge on any atom is 0.336 e. The molecule has 0 bridgehead atoms. The minimum Gasteiger partial charge on any atom is -0.463 e. The maximum atomic E-state index is 12.8. The average Bonchev–Trinajstić information content (AvgIpc) is 3.34. The van der Waals surface area contributed by atoms with Crippen molar-refractivity contribution in [3.63, 3.8) is 0 Å². The van der Waals surface area contributed by atoms with Crippen LogP contribution in [0.2, 0.25) is 0 Å². The molecular weight excluding hydrogens is 1110 g/mol. The largest absolute Gasteiger partial charge is 0.463 e. The van der Waals surface area contributed by atoms with Gasteiger partial charge in [-0.15, -0.1) is 0 Å². The number of carbonyl (C=O) groups excluding carboxylic acids is 8. The van der Waals surface area contributed by atoms with E-state index in [1.807, 2.05) is 126 Å². The van der Waals surface area contributed by atoms with Gasteiger partial charge in [0.1, 0.15) is 37.9 Å². The van der Waals surface area contributed by atoms with E-state index in [4.69, 9.17) is 37.9 Å². The van der Waals surface area contributed by atoms with E-state index in [1.54, 1.807) is 57.2 Å². The summed E-state index contributed by atoms with van der Waals surface area (Å²) in [5, 5.41) is 0. The van der Waals surface area contributed by atoms with Gasteiger partial charge in [-0.05, 0) is 147 Å². The Hall–Kier alpha value is -10.4. The third-order valence-electron chi connectivity index (χ3n) is 12.8. The topological polar surface area (TPSA) is 217 Å². The quantitative estimate of drug-likeness (QED) is 0.0212. The number of nitrogens with zero attached hydrogens (tertiary/aromatic N) is 2. The Labute approximate surface area is 506 Å². The molecule has 18 heteroatoms. The molecule has 18 nitrogen and oxygen atoms in total. The summed E-state index contributed by atoms with van der Waals surface area (Å²) in [4.78, 5) is 103. The number of anilines is 6. The predicted octanol–water partition coefficient (Wildman–Crippen LogP) is 12.0. The van der Waals surface area contributed by atoms with Crippen molar-refractivity contribution < 1.29 is 76.3 Å². The minimum absolute atomic E-state index is 0.0241. The molecule has 0 N–H and O–H groups in total. The first-order valence-electron chi connectivity index (χ1n) is 28.1. The first-order chi connectivity index (χ1) is 41.9. The highest BCUT2D eigenvalue weighted by atomic mass is 16.6. The fraction of sp³-hybridized carbons (Fsp3) is 0.246. The molecular formula is C69H70N2O16. The van der Waals surface area contributed by atoms with Crippen LogP contribution in [0.3, 0.4) is 0 Å². The van der Waals surface area contributed by atoms with Crippen LogP contribution in [0.15, 0.2) is 194 Å². The SMILES string of the molecule is C=C(COC(=O)Cc1ccc(N(c2ccc(CC(=O)OCC(=C)C(=O)OCC)cc2)c2ccc(Oc3ccc(N(c4ccc(CC(=O)OCC(=C)C(=O)OCC)cc4)c4ccc(CC(=O)OCC(=C)C(=O)OCC)cc4)cc3)cc2)cc1)C(=O)CCC. The Morgan fingerprint density at radius 2 is 0.552 bits per heavy atom. The number of carbonyl (C=O) groups is 8. The molecule has 0 saturated carbocycles. The molecule has 0 fully saturated rings. The average molecular weight is 1180 g/mol. The molecule has 87 heavy (non-hydrogen) atoms. The maximum absolute atomic E-state index is 12.8. The van der Waals surface area contributed by atoms with Gasteiger partial charge in [0.05, 0.1) is 62.2 Å². The molecule has 452 valence electrons. The highest BCUT2D eigenvalue weighted by molar-refractivity contribution is 5.95. The highest BCUT2D eigenvalue weighted by Gasteiger charge is 2.20. The highest BCUT2D eigenvalue weighted by Crippen LogP contribution is 2.39. The molecule has 0 spiro atoms. The van der Waals surface area contributed by atoms with Crippen LogP contribution in [-0.2, 0) is 97.2 Å². The van der Waals surface area contributed by atoms with Crippen LogP contribution < -0.4 is 14.5 Å². The van der Waals surface area contributed by atoms with Gasteiger partial charge in [-0.25, -0.2) is 14.4 Å². The van der Waals surface area contributed by atoms with Crippen molar-refractivity contribution in [2.45, 2.75) is 66.2 Å². The summed E-state index contributed by atoms with van der Waals surface area (Å²) >= 11 is 0. The third kappa shape index (κ3) is 20.4. The van der Waals surface area contributed by atoms with Crippen LogP contribution in [0.25, 0.3) is 0 Å². The van der Waals surface area contributed by atoms with Gasteiger partial charge in [0.2, 0.25) is 0 Å². The van der Waals surface area contributed by atoms with E-state index < -0.39 is 41.8 Å². The molecule has 0 atom stereocenters. The van der Waals surface area contributed by atoms with Crippen LogP contribution in [0.5, 0.6) is 11.5 Å². The summed E-state index contributed by atoms with van der Waals surface area (Å²) in [6, 6.07) is 44.0. The lowest BCUT2D eigenvalue weighted by Crippen LogP contribution is -2.16. The van der Waals surface area contributed by atoms with Gasteiger partial charge in [0, 0.05) is 46.1 Å². The van der Waals surface area contributed by atoms with Gasteiger partial charge in [-0.3, -0.25) is 24.0 Å². The summed E-state index contributed by atoms with van der Waals surface area (Å²) in [5.74, 6) is -3.18. The van der Waals surface area contributed by atoms with Crippen molar-refractivity contribution >= 4 is 81.7 Å². The summed E-state index contributed by atoms with van der Waals surface area (Å²) in [5.41, 5.74) is 7.37. The fourth-order valence-corrected chi connectivity index (χ4v) is 8.31. The van der Waals surface area contributed by atoms with E-state index in [1.165, 1.54) is 0 Å². The molecule has 0 saturated heterocycles. The van der Waals surface area contributed by atoms with Crippen LogP contribution in [0, 0.1) is 0 Å². The third-order valence-corrected chi connectivity index (χ3v) is 12.8. The zero-order valence-electron chi connectivity index (χ0n) is 49.3. The van der Waals surface area contributed by atoms with Gasteiger partial charge < -0.3 is 47.7 Å². The van der Waals surface area contributed by atoms with Crippen molar-refractivity contribution in [1.82, 2.24) is 0 Å². The lowest BCUT2D eigenvalue weighted by Gasteiger charge is -2.26. The molecule has 6 rings (SSSR count). The lowest BCUT2D eigenvalue weighted by molar-refractivity contribution is -0.145. The molecule has 6 aromatic carbocycles. The first-order valence-corrected chi connectivity index (χ1v) is 28.1. The minimum atomic E-state index is -0.639. The Bertz CT molecular complexity index is 3010. The van der Waals surface area contributed by atoms with Gasteiger partial charge in [0.25, 0.3) is 0 Å². The number of hydrogen-bond donors (Lipinski definition) is 0. The Kier molecular flexibility index (Phi) is 25.1. The number of ketones is 1. The van der Waals surface area contributed by atoms with E-state index in [0.29, 0.717) is 46.6 Å². The van der Waals surface area contributed by atoms with Crippen LogP contribution >= 0.6 is 0 Å². The first kappa shape index (κ1) is 65.8.